The lowest BCUT2D eigenvalue weighted by Gasteiger charge is -2.40. The van der Waals surface area contributed by atoms with Crippen LogP contribution in [0.15, 0.2) is 42.9 Å². The summed E-state index contributed by atoms with van der Waals surface area (Å²) < 4.78 is 36.3. The van der Waals surface area contributed by atoms with Crippen LogP contribution in [0.3, 0.4) is 0 Å². The Bertz CT molecular complexity index is 1330. The van der Waals surface area contributed by atoms with Crippen molar-refractivity contribution in [1.82, 2.24) is 9.38 Å². The van der Waals surface area contributed by atoms with Gasteiger partial charge in [0.25, 0.3) is 11.8 Å². The van der Waals surface area contributed by atoms with Crippen LogP contribution in [0, 0.1) is 8.99 Å². The van der Waals surface area contributed by atoms with E-state index in [2.05, 4.69) is 43.9 Å². The van der Waals surface area contributed by atoms with E-state index < -0.39 is 5.92 Å². The predicted molar refractivity (Wildman–Crippen MR) is 148 cm³/mol. The fraction of sp³-hybridized carbons (Fsp3) is 0.481. The van der Waals surface area contributed by atoms with E-state index in [-0.39, 0.29) is 37.9 Å². The molecule has 4 heterocycles. The van der Waals surface area contributed by atoms with Gasteiger partial charge in [-0.2, -0.15) is 0 Å². The van der Waals surface area contributed by atoms with E-state index >= 15 is 0 Å². The van der Waals surface area contributed by atoms with Gasteiger partial charge in [0.2, 0.25) is 0 Å². The van der Waals surface area contributed by atoms with Crippen LogP contribution in [-0.2, 0) is 4.74 Å². The number of imidazole rings is 1. The number of carbonyl (C=O) groups is 1. The third kappa shape index (κ3) is 4.78. The molecule has 196 valence electrons. The Morgan fingerprint density at radius 2 is 1.84 bits per heavy atom. The van der Waals surface area contributed by atoms with Crippen LogP contribution < -0.4 is 15.1 Å². The van der Waals surface area contributed by atoms with Crippen LogP contribution in [0.25, 0.3) is 5.65 Å². The lowest BCUT2D eigenvalue weighted by atomic mass is 9.89. The number of halogens is 3. The molecule has 1 aromatic carbocycles. The zero-order chi connectivity index (χ0) is 25.8. The first-order valence-electron chi connectivity index (χ1n) is 12.8. The fourth-order valence-corrected chi connectivity index (χ4v) is 6.30. The number of pyridine rings is 1. The van der Waals surface area contributed by atoms with E-state index in [4.69, 9.17) is 4.74 Å². The fourth-order valence-electron chi connectivity index (χ4n) is 5.83. The summed E-state index contributed by atoms with van der Waals surface area (Å²) in [5, 5.41) is 3.07. The van der Waals surface area contributed by atoms with E-state index in [9.17, 15) is 13.6 Å². The Morgan fingerprint density at radius 1 is 1.08 bits per heavy atom. The highest BCUT2D eigenvalue weighted by Gasteiger charge is 2.52. The number of benzene rings is 1. The molecule has 2 saturated heterocycles. The third-order valence-electron chi connectivity index (χ3n) is 8.23. The molecule has 3 aromatic rings. The third-order valence-corrected chi connectivity index (χ3v) is 8.90. The minimum absolute atomic E-state index is 0.165. The molecule has 3 aliphatic rings. The second kappa shape index (κ2) is 9.37. The highest BCUT2D eigenvalue weighted by molar-refractivity contribution is 14.1. The number of alkyl halides is 2. The Balaban J connectivity index is 1.27. The smallest absolute Gasteiger partial charge is 0.257 e. The van der Waals surface area contributed by atoms with Crippen LogP contribution in [-0.4, -0.2) is 60.6 Å². The van der Waals surface area contributed by atoms with Gasteiger partial charge in [-0.1, -0.05) is 0 Å². The highest BCUT2D eigenvalue weighted by Crippen LogP contribution is 2.55. The molecule has 1 aliphatic carbocycles. The van der Waals surface area contributed by atoms with Gasteiger partial charge >= 0.3 is 0 Å². The molecule has 1 amide bonds. The number of aromatic nitrogens is 2. The molecular formula is C27H30F2IN5O2. The average molecular weight is 621 g/mol. The zero-order valence-corrected chi connectivity index (χ0v) is 22.9. The molecule has 10 heteroatoms. The second-order valence-corrected chi connectivity index (χ2v) is 11.8. The zero-order valence-electron chi connectivity index (χ0n) is 20.7. The molecule has 3 fully saturated rings. The Hall–Kier alpha value is -2.47. The SMILES string of the molecule is COC1CN(c2cc(I)ccc2C(=O)Nc2cc(N3CCC(F)(F)CC3)c3nccn3c2)CCC12CC2. The average Bonchev–Trinajstić information content (AvgIpc) is 3.48. The van der Waals surface area contributed by atoms with Gasteiger partial charge in [-0.15, -0.1) is 0 Å². The number of hydrogen-bond acceptors (Lipinski definition) is 5. The van der Waals surface area contributed by atoms with Gasteiger partial charge < -0.3 is 24.3 Å². The van der Waals surface area contributed by atoms with Crippen molar-refractivity contribution in [2.75, 3.05) is 48.4 Å². The molecule has 0 radical (unpaired) electrons. The minimum Gasteiger partial charge on any atom is -0.379 e. The standard InChI is InChI=1S/C27H30F2IN5O2/c1-37-23-17-34(10-6-26(23)4-5-26)21-14-18(30)2-3-20(21)25(36)32-19-15-22(24-31-9-13-35(24)16-19)33-11-7-27(28,29)8-12-33/h2-3,9,13-16,23H,4-8,10-12,17H2,1H3,(H,32,36). The summed E-state index contributed by atoms with van der Waals surface area (Å²) in [6.07, 6.45) is 8.56. The van der Waals surface area contributed by atoms with Gasteiger partial charge in [0.1, 0.15) is 0 Å². The first-order valence-corrected chi connectivity index (χ1v) is 13.8. The van der Waals surface area contributed by atoms with Gasteiger partial charge in [-0.3, -0.25) is 4.79 Å². The van der Waals surface area contributed by atoms with E-state index in [1.165, 1.54) is 12.8 Å². The minimum atomic E-state index is -2.63. The van der Waals surface area contributed by atoms with Crippen LogP contribution in [0.1, 0.15) is 42.5 Å². The first-order chi connectivity index (χ1) is 17.8. The van der Waals surface area contributed by atoms with E-state index in [0.717, 1.165) is 34.5 Å². The summed E-state index contributed by atoms with van der Waals surface area (Å²) in [6.45, 7) is 2.14. The topological polar surface area (TPSA) is 62.1 Å². The maximum atomic E-state index is 13.8. The van der Waals surface area contributed by atoms with Gasteiger partial charge in [-0.05, 0) is 66.1 Å². The largest absolute Gasteiger partial charge is 0.379 e. The summed E-state index contributed by atoms with van der Waals surface area (Å²) in [7, 11) is 1.78. The second-order valence-electron chi connectivity index (χ2n) is 10.5. The summed E-state index contributed by atoms with van der Waals surface area (Å²) >= 11 is 2.28. The van der Waals surface area contributed by atoms with E-state index in [0.29, 0.717) is 22.3 Å². The number of amides is 1. The summed E-state index contributed by atoms with van der Waals surface area (Å²) in [4.78, 5) is 22.2. The number of methoxy groups -OCH3 is 1. The summed E-state index contributed by atoms with van der Waals surface area (Å²) in [5.74, 6) is -2.84. The van der Waals surface area contributed by atoms with Crippen LogP contribution >= 0.6 is 22.6 Å². The van der Waals surface area contributed by atoms with Crippen LogP contribution in [0.5, 0.6) is 0 Å². The quantitative estimate of drug-likeness (QED) is 0.385. The summed E-state index contributed by atoms with van der Waals surface area (Å²) in [5.41, 5.74) is 3.85. The van der Waals surface area contributed by atoms with E-state index in [1.54, 1.807) is 19.5 Å². The normalized spacial score (nSPS) is 22.4. The number of nitrogens with one attached hydrogen (secondary N) is 1. The maximum absolute atomic E-state index is 13.8. The van der Waals surface area contributed by atoms with Crippen molar-refractivity contribution in [1.29, 1.82) is 0 Å². The van der Waals surface area contributed by atoms with Crippen molar-refractivity contribution in [3.63, 3.8) is 0 Å². The molecule has 7 nitrogen and oxygen atoms in total. The molecular weight excluding hydrogens is 591 g/mol. The molecule has 6 rings (SSSR count). The van der Waals surface area contributed by atoms with Gasteiger partial charge in [0.05, 0.1) is 28.7 Å². The molecule has 1 spiro atoms. The molecule has 1 N–H and O–H groups in total. The van der Waals surface area contributed by atoms with E-state index in [1.807, 2.05) is 33.7 Å². The monoisotopic (exact) mass is 621 g/mol. The van der Waals surface area contributed by atoms with Crippen molar-refractivity contribution < 1.29 is 18.3 Å². The van der Waals surface area contributed by atoms with Crippen molar-refractivity contribution in [3.05, 3.63) is 52.0 Å². The van der Waals surface area contributed by atoms with Gasteiger partial charge in [-0.25, -0.2) is 13.8 Å². The lowest BCUT2D eigenvalue weighted by molar-refractivity contribution is -0.0220. The molecule has 37 heavy (non-hydrogen) atoms. The molecule has 2 aromatic heterocycles. The molecule has 1 atom stereocenters. The number of nitrogens with zero attached hydrogens (tertiary/aromatic N) is 4. The summed E-state index contributed by atoms with van der Waals surface area (Å²) in [6, 6.07) is 7.72. The maximum Gasteiger partial charge on any atom is 0.257 e. The Morgan fingerprint density at radius 3 is 2.57 bits per heavy atom. The first kappa shape index (κ1) is 24.8. The van der Waals surface area contributed by atoms with Crippen molar-refractivity contribution >= 4 is 51.2 Å². The number of fused-ring (bicyclic) bond motifs is 1. The number of hydrogen-bond donors (Lipinski definition) is 1. The van der Waals surface area contributed by atoms with Gasteiger partial charge in [0.15, 0.2) is 5.65 Å². The number of carbonyl (C=O) groups excluding carboxylic acids is 1. The number of ether oxygens (including phenoxy) is 1. The van der Waals surface area contributed by atoms with Crippen LogP contribution in [0.4, 0.5) is 25.8 Å². The molecule has 2 aliphatic heterocycles. The van der Waals surface area contributed by atoms with Gasteiger partial charge in [0, 0.05) is 73.7 Å². The Labute approximate surface area is 228 Å². The molecule has 1 unspecified atom stereocenters. The van der Waals surface area contributed by atoms with Crippen molar-refractivity contribution in [2.24, 2.45) is 5.41 Å². The van der Waals surface area contributed by atoms with Crippen LogP contribution in [0.2, 0.25) is 0 Å². The highest BCUT2D eigenvalue weighted by atomic mass is 127. The Kier molecular flexibility index (Phi) is 6.29. The predicted octanol–water partition coefficient (Wildman–Crippen LogP) is 5.43. The molecule has 0 bridgehead atoms. The number of piperidine rings is 2. The lowest BCUT2D eigenvalue weighted by Crippen LogP contribution is -2.46. The number of anilines is 3. The van der Waals surface area contributed by atoms with Crippen molar-refractivity contribution in [3.8, 4) is 0 Å². The molecule has 1 saturated carbocycles. The van der Waals surface area contributed by atoms with Crippen molar-refractivity contribution in [2.45, 2.75) is 44.1 Å². The number of rotatable bonds is 5.